The highest BCUT2D eigenvalue weighted by atomic mass is 35.5. The summed E-state index contributed by atoms with van der Waals surface area (Å²) < 4.78 is 0. The Kier molecular flexibility index (Phi) is 4.14. The molecule has 2 fully saturated rings. The van der Waals surface area contributed by atoms with Crippen molar-refractivity contribution in [1.29, 1.82) is 0 Å². The van der Waals surface area contributed by atoms with E-state index in [1.54, 1.807) is 0 Å². The summed E-state index contributed by atoms with van der Waals surface area (Å²) in [4.78, 5) is 0. The molecule has 1 aromatic rings. The van der Waals surface area contributed by atoms with Crippen LogP contribution in [0.4, 0.5) is 0 Å². The SMILES string of the molecule is CC1CCCC1CNC1CC(c2ccc(Cl)cc2)C1. The van der Waals surface area contributed by atoms with Gasteiger partial charge in [-0.25, -0.2) is 0 Å². The smallest absolute Gasteiger partial charge is 0.0406 e. The Morgan fingerprint density at radius 3 is 2.53 bits per heavy atom. The summed E-state index contributed by atoms with van der Waals surface area (Å²) in [6.07, 6.45) is 6.89. The third kappa shape index (κ3) is 3.14. The first kappa shape index (κ1) is 13.5. The Morgan fingerprint density at radius 2 is 1.89 bits per heavy atom. The highest BCUT2D eigenvalue weighted by Crippen LogP contribution is 2.38. The first-order chi connectivity index (χ1) is 9.22. The summed E-state index contributed by atoms with van der Waals surface area (Å²) in [5.74, 6) is 2.60. The van der Waals surface area contributed by atoms with Gasteiger partial charge in [0, 0.05) is 11.1 Å². The fourth-order valence-corrected chi connectivity index (χ4v) is 3.76. The van der Waals surface area contributed by atoms with Gasteiger partial charge in [-0.2, -0.15) is 0 Å². The minimum Gasteiger partial charge on any atom is -0.314 e. The first-order valence-corrected chi connectivity index (χ1v) is 8.09. The van der Waals surface area contributed by atoms with Crippen LogP contribution in [0.25, 0.3) is 0 Å². The second-order valence-electron chi connectivity index (χ2n) is 6.49. The van der Waals surface area contributed by atoms with Crippen LogP contribution in [-0.2, 0) is 0 Å². The van der Waals surface area contributed by atoms with Gasteiger partial charge in [-0.3, -0.25) is 0 Å². The molecule has 0 saturated heterocycles. The second kappa shape index (κ2) is 5.85. The van der Waals surface area contributed by atoms with Crippen molar-refractivity contribution in [3.8, 4) is 0 Å². The van der Waals surface area contributed by atoms with E-state index in [1.807, 2.05) is 12.1 Å². The van der Waals surface area contributed by atoms with Gasteiger partial charge in [0.2, 0.25) is 0 Å². The molecule has 3 rings (SSSR count). The molecular formula is C17H24ClN. The van der Waals surface area contributed by atoms with E-state index < -0.39 is 0 Å². The molecule has 104 valence electrons. The van der Waals surface area contributed by atoms with Gasteiger partial charge in [-0.1, -0.05) is 43.5 Å². The maximum Gasteiger partial charge on any atom is 0.0406 e. The Balaban J connectivity index is 1.41. The highest BCUT2D eigenvalue weighted by molar-refractivity contribution is 6.30. The average molecular weight is 278 g/mol. The zero-order valence-corrected chi connectivity index (χ0v) is 12.5. The maximum absolute atomic E-state index is 5.93. The van der Waals surface area contributed by atoms with Crippen LogP contribution in [0.5, 0.6) is 0 Å². The average Bonchev–Trinajstić information content (AvgIpc) is 2.75. The van der Waals surface area contributed by atoms with Crippen LogP contribution in [0.1, 0.15) is 50.5 Å². The van der Waals surface area contributed by atoms with E-state index in [2.05, 4.69) is 24.4 Å². The molecule has 0 spiro atoms. The molecule has 1 N–H and O–H groups in total. The Hall–Kier alpha value is -0.530. The molecule has 0 heterocycles. The van der Waals surface area contributed by atoms with Crippen molar-refractivity contribution in [2.24, 2.45) is 11.8 Å². The zero-order valence-electron chi connectivity index (χ0n) is 11.7. The van der Waals surface area contributed by atoms with Crippen molar-refractivity contribution in [1.82, 2.24) is 5.32 Å². The lowest BCUT2D eigenvalue weighted by Gasteiger charge is -2.37. The van der Waals surface area contributed by atoms with Crippen LogP contribution in [0.2, 0.25) is 5.02 Å². The lowest BCUT2D eigenvalue weighted by atomic mass is 9.75. The lowest BCUT2D eigenvalue weighted by Crippen LogP contribution is -2.42. The molecule has 2 unspecified atom stereocenters. The van der Waals surface area contributed by atoms with E-state index >= 15 is 0 Å². The summed E-state index contributed by atoms with van der Waals surface area (Å²) in [5, 5.41) is 4.62. The van der Waals surface area contributed by atoms with Crippen molar-refractivity contribution >= 4 is 11.6 Å². The van der Waals surface area contributed by atoms with Gasteiger partial charge in [0.1, 0.15) is 0 Å². The molecule has 0 radical (unpaired) electrons. The summed E-state index contributed by atoms with van der Waals surface area (Å²) in [6, 6.07) is 9.13. The number of rotatable bonds is 4. The Labute approximate surface area is 121 Å². The number of nitrogens with one attached hydrogen (secondary N) is 1. The van der Waals surface area contributed by atoms with Crippen molar-refractivity contribution in [2.45, 2.75) is 51.0 Å². The molecule has 1 aromatic carbocycles. The number of hydrogen-bond acceptors (Lipinski definition) is 1. The molecule has 0 bridgehead atoms. The predicted octanol–water partition coefficient (Wildman–Crippen LogP) is 4.61. The Morgan fingerprint density at radius 1 is 1.16 bits per heavy atom. The van der Waals surface area contributed by atoms with E-state index in [9.17, 15) is 0 Å². The molecule has 2 heteroatoms. The van der Waals surface area contributed by atoms with Gasteiger partial charge in [0.05, 0.1) is 0 Å². The van der Waals surface area contributed by atoms with Gasteiger partial charge in [0.15, 0.2) is 0 Å². The van der Waals surface area contributed by atoms with Crippen LogP contribution < -0.4 is 5.32 Å². The van der Waals surface area contributed by atoms with E-state index in [4.69, 9.17) is 11.6 Å². The van der Waals surface area contributed by atoms with Crippen molar-refractivity contribution in [3.05, 3.63) is 34.9 Å². The number of hydrogen-bond donors (Lipinski definition) is 1. The molecule has 0 aromatic heterocycles. The number of benzene rings is 1. The minimum atomic E-state index is 0.744. The zero-order chi connectivity index (χ0) is 13.2. The molecule has 2 saturated carbocycles. The standard InChI is InChI=1S/C17H24ClN/c1-12-3-2-4-14(12)11-19-17-9-15(10-17)13-5-7-16(18)8-6-13/h5-8,12,14-15,17,19H,2-4,9-11H2,1H3. The quantitative estimate of drug-likeness (QED) is 0.847. The van der Waals surface area contributed by atoms with Crippen LogP contribution in [0.15, 0.2) is 24.3 Å². The summed E-state index contributed by atoms with van der Waals surface area (Å²) in [6.45, 7) is 3.65. The van der Waals surface area contributed by atoms with Gasteiger partial charge in [-0.15, -0.1) is 0 Å². The molecule has 2 atom stereocenters. The van der Waals surface area contributed by atoms with Crippen molar-refractivity contribution in [2.75, 3.05) is 6.54 Å². The summed E-state index contributed by atoms with van der Waals surface area (Å²) in [5.41, 5.74) is 1.46. The fraction of sp³-hybridized carbons (Fsp3) is 0.647. The molecule has 2 aliphatic rings. The van der Waals surface area contributed by atoms with E-state index in [0.29, 0.717) is 0 Å². The molecule has 1 nitrogen and oxygen atoms in total. The van der Waals surface area contributed by atoms with Gasteiger partial charge < -0.3 is 5.32 Å². The normalized spacial score (nSPS) is 34.2. The molecule has 19 heavy (non-hydrogen) atoms. The van der Waals surface area contributed by atoms with E-state index in [1.165, 1.54) is 44.2 Å². The van der Waals surface area contributed by atoms with E-state index in [-0.39, 0.29) is 0 Å². The molecular weight excluding hydrogens is 254 g/mol. The molecule has 0 aliphatic heterocycles. The van der Waals surface area contributed by atoms with Crippen LogP contribution in [-0.4, -0.2) is 12.6 Å². The number of halogens is 1. The summed E-state index contributed by atoms with van der Waals surface area (Å²) in [7, 11) is 0. The maximum atomic E-state index is 5.93. The largest absolute Gasteiger partial charge is 0.314 e. The lowest BCUT2D eigenvalue weighted by molar-refractivity contribution is 0.264. The minimum absolute atomic E-state index is 0.744. The monoisotopic (exact) mass is 277 g/mol. The first-order valence-electron chi connectivity index (χ1n) is 7.71. The van der Waals surface area contributed by atoms with E-state index in [0.717, 1.165) is 28.8 Å². The highest BCUT2D eigenvalue weighted by Gasteiger charge is 2.31. The predicted molar refractivity (Wildman–Crippen MR) is 81.7 cm³/mol. The van der Waals surface area contributed by atoms with Gasteiger partial charge in [0.25, 0.3) is 0 Å². The second-order valence-corrected chi connectivity index (χ2v) is 6.93. The van der Waals surface area contributed by atoms with Gasteiger partial charge >= 0.3 is 0 Å². The Bertz CT molecular complexity index is 408. The van der Waals surface area contributed by atoms with Crippen molar-refractivity contribution in [3.63, 3.8) is 0 Å². The van der Waals surface area contributed by atoms with Crippen LogP contribution in [0.3, 0.4) is 0 Å². The van der Waals surface area contributed by atoms with Crippen LogP contribution in [0, 0.1) is 11.8 Å². The molecule has 0 amide bonds. The summed E-state index contributed by atoms with van der Waals surface area (Å²) >= 11 is 5.93. The molecule has 2 aliphatic carbocycles. The topological polar surface area (TPSA) is 12.0 Å². The third-order valence-corrected chi connectivity index (χ3v) is 5.44. The van der Waals surface area contributed by atoms with Crippen LogP contribution >= 0.6 is 11.6 Å². The van der Waals surface area contributed by atoms with Gasteiger partial charge in [-0.05, 0) is 61.3 Å². The fourth-order valence-electron chi connectivity index (χ4n) is 3.64. The van der Waals surface area contributed by atoms with Crippen molar-refractivity contribution < 1.29 is 0 Å². The third-order valence-electron chi connectivity index (χ3n) is 5.19.